The molecule has 0 aromatic carbocycles. The molecule has 3 aromatic rings. The maximum atomic E-state index is 12.8. The number of thiophene rings is 1. The number of pyridine rings is 1. The van der Waals surface area contributed by atoms with Gasteiger partial charge in [-0.1, -0.05) is 11.3 Å². The molecule has 5 nitrogen and oxygen atoms in total. The van der Waals surface area contributed by atoms with Crippen LogP contribution in [0.5, 0.6) is 0 Å². The fourth-order valence-electron chi connectivity index (χ4n) is 3.42. The maximum absolute atomic E-state index is 12.8. The van der Waals surface area contributed by atoms with E-state index in [4.69, 9.17) is 4.98 Å². The van der Waals surface area contributed by atoms with Crippen molar-refractivity contribution in [1.82, 2.24) is 15.3 Å². The van der Waals surface area contributed by atoms with E-state index in [0.717, 1.165) is 22.1 Å². The van der Waals surface area contributed by atoms with Crippen molar-refractivity contribution in [1.29, 1.82) is 0 Å². The van der Waals surface area contributed by atoms with E-state index in [1.165, 1.54) is 11.1 Å². The monoisotopic (exact) mass is 398 g/mol. The molecule has 1 aliphatic rings. The predicted octanol–water partition coefficient (Wildman–Crippen LogP) is 3.77. The molecule has 1 amide bonds. The van der Waals surface area contributed by atoms with Crippen molar-refractivity contribution in [3.8, 4) is 10.6 Å². The van der Waals surface area contributed by atoms with Gasteiger partial charge >= 0.3 is 0 Å². The maximum Gasteiger partial charge on any atom is 0.243 e. The molecule has 27 heavy (non-hydrogen) atoms. The van der Waals surface area contributed by atoms with Gasteiger partial charge in [0.1, 0.15) is 16.1 Å². The Bertz CT molecular complexity index is 905. The number of carbonyl (C=O) groups excluding carboxylic acids is 1. The van der Waals surface area contributed by atoms with Crippen LogP contribution in [-0.4, -0.2) is 34.5 Å². The van der Waals surface area contributed by atoms with Gasteiger partial charge in [-0.3, -0.25) is 9.78 Å². The van der Waals surface area contributed by atoms with Gasteiger partial charge in [-0.2, -0.15) is 11.3 Å². The van der Waals surface area contributed by atoms with E-state index in [1.807, 2.05) is 12.1 Å². The summed E-state index contributed by atoms with van der Waals surface area (Å²) in [6, 6.07) is 6.14. The molecular formula is C20H22N4OS2. The van der Waals surface area contributed by atoms with Gasteiger partial charge in [0, 0.05) is 42.3 Å². The second-order valence-electron chi connectivity index (χ2n) is 6.90. The van der Waals surface area contributed by atoms with Crippen molar-refractivity contribution < 1.29 is 4.79 Å². The van der Waals surface area contributed by atoms with Crippen LogP contribution >= 0.6 is 22.7 Å². The van der Waals surface area contributed by atoms with Crippen molar-refractivity contribution in [3.05, 3.63) is 52.6 Å². The standard InChI is InChI=1S/C20H22N4OS2/c1-13(2)24-17(18(25)22-9-5-14-3-7-21-8-4-14)11-16-20(24)27-19(23-16)15-6-10-26-12-15/h3-4,6-8,10,12-13,17H,5,9,11H2,1-2H3,(H,22,25). The molecule has 140 valence electrons. The summed E-state index contributed by atoms with van der Waals surface area (Å²) in [6.07, 6.45) is 5.05. The fourth-order valence-corrected chi connectivity index (χ4v) is 5.41. The number of hydrogen-bond donors (Lipinski definition) is 1. The summed E-state index contributed by atoms with van der Waals surface area (Å²) < 4.78 is 0. The summed E-state index contributed by atoms with van der Waals surface area (Å²) in [7, 11) is 0. The van der Waals surface area contributed by atoms with Gasteiger partial charge in [-0.25, -0.2) is 4.98 Å². The lowest BCUT2D eigenvalue weighted by molar-refractivity contribution is -0.122. The molecule has 1 unspecified atom stereocenters. The van der Waals surface area contributed by atoms with Gasteiger partial charge < -0.3 is 10.2 Å². The minimum Gasteiger partial charge on any atom is -0.354 e. The first-order valence-electron chi connectivity index (χ1n) is 9.10. The first-order chi connectivity index (χ1) is 13.1. The Hall–Kier alpha value is -2.25. The number of nitrogens with zero attached hydrogens (tertiary/aromatic N) is 3. The first kappa shape index (κ1) is 18.1. The summed E-state index contributed by atoms with van der Waals surface area (Å²) in [5.41, 5.74) is 3.39. The normalized spacial score (nSPS) is 16.0. The quantitative estimate of drug-likeness (QED) is 0.687. The van der Waals surface area contributed by atoms with Crippen LogP contribution in [0.1, 0.15) is 25.1 Å². The molecule has 0 spiro atoms. The van der Waals surface area contributed by atoms with Crippen LogP contribution in [0.4, 0.5) is 5.00 Å². The zero-order valence-electron chi connectivity index (χ0n) is 15.4. The molecule has 0 saturated carbocycles. The van der Waals surface area contributed by atoms with Crippen LogP contribution in [0, 0.1) is 0 Å². The number of thiazole rings is 1. The number of fused-ring (bicyclic) bond motifs is 1. The lowest BCUT2D eigenvalue weighted by Gasteiger charge is -2.29. The third kappa shape index (κ3) is 3.75. The zero-order valence-corrected chi connectivity index (χ0v) is 17.0. The van der Waals surface area contributed by atoms with E-state index in [0.29, 0.717) is 13.0 Å². The average Bonchev–Trinajstić information content (AvgIpc) is 3.37. The predicted molar refractivity (Wildman–Crippen MR) is 111 cm³/mol. The number of aromatic nitrogens is 2. The second kappa shape index (κ2) is 7.78. The number of amides is 1. The van der Waals surface area contributed by atoms with Gasteiger partial charge in [-0.05, 0) is 49.4 Å². The van der Waals surface area contributed by atoms with Gasteiger partial charge in [0.25, 0.3) is 0 Å². The number of rotatable bonds is 6. The molecule has 0 radical (unpaired) electrons. The van der Waals surface area contributed by atoms with Gasteiger partial charge in [0.05, 0.1) is 5.69 Å². The minimum atomic E-state index is -0.173. The molecule has 4 rings (SSSR count). The highest BCUT2D eigenvalue weighted by molar-refractivity contribution is 7.19. The molecule has 7 heteroatoms. The third-order valence-corrected chi connectivity index (χ3v) is 6.57. The fraction of sp³-hybridized carbons (Fsp3) is 0.350. The molecule has 0 fully saturated rings. The summed E-state index contributed by atoms with van der Waals surface area (Å²) >= 11 is 3.37. The van der Waals surface area contributed by atoms with Crippen LogP contribution in [0.3, 0.4) is 0 Å². The topological polar surface area (TPSA) is 58.1 Å². The summed E-state index contributed by atoms with van der Waals surface area (Å²) in [4.78, 5) is 23.9. The molecule has 0 aliphatic carbocycles. The molecule has 1 aliphatic heterocycles. The van der Waals surface area contributed by atoms with E-state index in [2.05, 4.69) is 45.9 Å². The largest absolute Gasteiger partial charge is 0.354 e. The van der Waals surface area contributed by atoms with Gasteiger partial charge in [0.2, 0.25) is 5.91 Å². The van der Waals surface area contributed by atoms with Crippen LogP contribution in [-0.2, 0) is 17.6 Å². The Kier molecular flexibility index (Phi) is 5.22. The Labute approximate surface area is 167 Å². The smallest absolute Gasteiger partial charge is 0.243 e. The average molecular weight is 399 g/mol. The molecule has 1 atom stereocenters. The third-order valence-electron chi connectivity index (χ3n) is 4.72. The van der Waals surface area contributed by atoms with Crippen molar-refractivity contribution in [3.63, 3.8) is 0 Å². The molecule has 0 saturated heterocycles. The Morgan fingerprint density at radius 2 is 2.15 bits per heavy atom. The van der Waals surface area contributed by atoms with E-state index in [9.17, 15) is 4.79 Å². The highest BCUT2D eigenvalue weighted by Crippen LogP contribution is 2.42. The van der Waals surface area contributed by atoms with Crippen molar-refractivity contribution >= 4 is 33.6 Å². The molecule has 1 N–H and O–H groups in total. The van der Waals surface area contributed by atoms with Crippen molar-refractivity contribution in [2.45, 2.75) is 38.8 Å². The van der Waals surface area contributed by atoms with Crippen molar-refractivity contribution in [2.75, 3.05) is 11.4 Å². The molecular weight excluding hydrogens is 376 g/mol. The number of hydrogen-bond acceptors (Lipinski definition) is 6. The molecule has 3 aromatic heterocycles. The second-order valence-corrected chi connectivity index (χ2v) is 8.66. The molecule has 4 heterocycles. The lowest BCUT2D eigenvalue weighted by Crippen LogP contribution is -2.48. The Morgan fingerprint density at radius 3 is 2.85 bits per heavy atom. The number of anilines is 1. The van der Waals surface area contributed by atoms with Crippen molar-refractivity contribution in [2.24, 2.45) is 0 Å². The van der Waals surface area contributed by atoms with Crippen LogP contribution < -0.4 is 10.2 Å². The minimum absolute atomic E-state index is 0.0834. The SMILES string of the molecule is CC(C)N1c2sc(-c3ccsc3)nc2CC1C(=O)NCCc1ccncc1. The van der Waals surface area contributed by atoms with Gasteiger partial charge in [-0.15, -0.1) is 0 Å². The lowest BCUT2D eigenvalue weighted by atomic mass is 10.1. The number of carbonyl (C=O) groups is 1. The zero-order chi connectivity index (χ0) is 18.8. The highest BCUT2D eigenvalue weighted by Gasteiger charge is 2.38. The number of nitrogens with one attached hydrogen (secondary N) is 1. The summed E-state index contributed by atoms with van der Waals surface area (Å²) in [5, 5.41) is 9.48. The highest BCUT2D eigenvalue weighted by atomic mass is 32.1. The first-order valence-corrected chi connectivity index (χ1v) is 10.9. The summed E-state index contributed by atoms with van der Waals surface area (Å²) in [5.74, 6) is 0.0834. The van der Waals surface area contributed by atoms with E-state index in [1.54, 1.807) is 35.1 Å². The van der Waals surface area contributed by atoms with Gasteiger partial charge in [0.15, 0.2) is 0 Å². The Balaban J connectivity index is 1.44. The van der Waals surface area contributed by atoms with Crippen LogP contribution in [0.2, 0.25) is 0 Å². The summed E-state index contributed by atoms with van der Waals surface area (Å²) in [6.45, 7) is 4.90. The van der Waals surface area contributed by atoms with E-state index in [-0.39, 0.29) is 18.0 Å². The van der Waals surface area contributed by atoms with E-state index >= 15 is 0 Å². The van der Waals surface area contributed by atoms with Crippen LogP contribution in [0.25, 0.3) is 10.6 Å². The van der Waals surface area contributed by atoms with E-state index < -0.39 is 0 Å². The van der Waals surface area contributed by atoms with Crippen LogP contribution in [0.15, 0.2) is 41.4 Å². The molecule has 0 bridgehead atoms. The Morgan fingerprint density at radius 1 is 1.33 bits per heavy atom.